The number of anilines is 2. The molecule has 3 heterocycles. The molecule has 1 saturated heterocycles. The molecule has 27 heavy (non-hydrogen) atoms. The number of piperidine rings is 1. The molecular formula is C19H20FN5OS. The summed E-state index contributed by atoms with van der Waals surface area (Å²) in [6.45, 7) is 1.82. The van der Waals surface area contributed by atoms with Crippen LogP contribution in [0.1, 0.15) is 18.4 Å². The highest BCUT2D eigenvalue weighted by Crippen LogP contribution is 2.26. The third kappa shape index (κ3) is 4.23. The predicted molar refractivity (Wildman–Crippen MR) is 104 cm³/mol. The van der Waals surface area contributed by atoms with Crippen LogP contribution in [0.4, 0.5) is 15.2 Å². The van der Waals surface area contributed by atoms with Crippen LogP contribution >= 0.6 is 11.3 Å². The van der Waals surface area contributed by atoms with Gasteiger partial charge in [-0.05, 0) is 42.7 Å². The Kier molecular flexibility index (Phi) is 5.26. The van der Waals surface area contributed by atoms with Gasteiger partial charge >= 0.3 is 0 Å². The van der Waals surface area contributed by atoms with E-state index in [1.54, 1.807) is 12.3 Å². The molecule has 3 aromatic rings. The van der Waals surface area contributed by atoms with E-state index in [-0.39, 0.29) is 11.9 Å². The molecule has 2 N–H and O–H groups in total. The predicted octanol–water partition coefficient (Wildman–Crippen LogP) is 3.31. The number of hydrogen-bond donors (Lipinski definition) is 2. The first kappa shape index (κ1) is 17.8. The number of nitrogens with one attached hydrogen (secondary N) is 1. The first-order valence-electron chi connectivity index (χ1n) is 8.89. The summed E-state index contributed by atoms with van der Waals surface area (Å²) in [6, 6.07) is 10.9. The minimum absolute atomic E-state index is 0.239. The second-order valence-electron chi connectivity index (χ2n) is 6.48. The summed E-state index contributed by atoms with van der Waals surface area (Å²) in [6.07, 6.45) is 2.81. The molecule has 0 saturated carbocycles. The lowest BCUT2D eigenvalue weighted by Crippen LogP contribution is -2.36. The minimum atomic E-state index is -0.268. The summed E-state index contributed by atoms with van der Waals surface area (Å²) in [5, 5.41) is 22.5. The molecule has 1 aliphatic heterocycles. The van der Waals surface area contributed by atoms with E-state index in [1.165, 1.54) is 11.3 Å². The van der Waals surface area contributed by atoms with Crippen molar-refractivity contribution in [1.82, 2.24) is 15.2 Å². The first-order valence-corrected chi connectivity index (χ1v) is 9.71. The van der Waals surface area contributed by atoms with Crippen LogP contribution in [-0.2, 0) is 6.54 Å². The number of benzene rings is 1. The Balaban J connectivity index is 1.39. The van der Waals surface area contributed by atoms with Crippen LogP contribution in [0.3, 0.4) is 0 Å². The van der Waals surface area contributed by atoms with E-state index in [0.29, 0.717) is 43.3 Å². The van der Waals surface area contributed by atoms with Crippen molar-refractivity contribution >= 4 is 22.2 Å². The van der Waals surface area contributed by atoms with E-state index in [0.717, 1.165) is 16.3 Å². The molecule has 0 unspecified atom stereocenters. The maximum atomic E-state index is 14.5. The molecule has 0 atom stereocenters. The number of aliphatic hydroxyl groups is 1. The minimum Gasteiger partial charge on any atom is -0.393 e. The van der Waals surface area contributed by atoms with Gasteiger partial charge in [0.05, 0.1) is 11.8 Å². The van der Waals surface area contributed by atoms with Crippen molar-refractivity contribution < 1.29 is 9.50 Å². The summed E-state index contributed by atoms with van der Waals surface area (Å²) in [5.74, 6) is -0.239. The van der Waals surface area contributed by atoms with Gasteiger partial charge in [0, 0.05) is 25.8 Å². The fourth-order valence-electron chi connectivity index (χ4n) is 3.09. The molecule has 4 rings (SSSR count). The molecule has 6 nitrogen and oxygen atoms in total. The van der Waals surface area contributed by atoms with Crippen molar-refractivity contribution in [1.29, 1.82) is 0 Å². The maximum Gasteiger partial charge on any atom is 0.206 e. The molecule has 1 aromatic carbocycles. The van der Waals surface area contributed by atoms with E-state index in [1.807, 2.05) is 35.2 Å². The molecule has 0 radical (unpaired) electrons. The van der Waals surface area contributed by atoms with Crippen molar-refractivity contribution in [3.63, 3.8) is 0 Å². The van der Waals surface area contributed by atoms with Crippen molar-refractivity contribution in [2.75, 3.05) is 23.3 Å². The lowest BCUT2D eigenvalue weighted by atomic mass is 10.1. The zero-order valence-corrected chi connectivity index (χ0v) is 15.5. The average molecular weight is 385 g/mol. The standard InChI is InChI=1S/C19H20FN5OS/c20-15-11-13(4-5-17(15)25-9-6-14(26)7-10-25)12-22-19-24-23-18(27-19)16-3-1-2-8-21-16/h1-5,8,11,14,26H,6-7,9-10,12H2,(H,22,24). The Morgan fingerprint density at radius 2 is 2.04 bits per heavy atom. The van der Waals surface area contributed by atoms with Gasteiger partial charge in [-0.1, -0.05) is 23.5 Å². The van der Waals surface area contributed by atoms with Crippen molar-refractivity contribution in [2.45, 2.75) is 25.5 Å². The first-order chi connectivity index (χ1) is 13.2. The Hall–Kier alpha value is -2.58. The van der Waals surface area contributed by atoms with Gasteiger partial charge in [0.25, 0.3) is 0 Å². The normalized spacial score (nSPS) is 15.1. The highest BCUT2D eigenvalue weighted by atomic mass is 32.1. The van der Waals surface area contributed by atoms with E-state index in [2.05, 4.69) is 20.5 Å². The van der Waals surface area contributed by atoms with Crippen LogP contribution in [0, 0.1) is 5.82 Å². The monoisotopic (exact) mass is 385 g/mol. The number of halogens is 1. The van der Waals surface area contributed by atoms with Crippen LogP contribution in [-0.4, -0.2) is 39.5 Å². The number of aromatic nitrogens is 3. The van der Waals surface area contributed by atoms with Gasteiger partial charge in [-0.3, -0.25) is 4.98 Å². The molecule has 0 bridgehead atoms. The van der Waals surface area contributed by atoms with Gasteiger partial charge in [-0.15, -0.1) is 10.2 Å². The molecule has 0 aliphatic carbocycles. The third-order valence-corrected chi connectivity index (χ3v) is 5.47. The largest absolute Gasteiger partial charge is 0.393 e. The summed E-state index contributed by atoms with van der Waals surface area (Å²) in [5.41, 5.74) is 2.21. The maximum absolute atomic E-state index is 14.5. The number of hydrogen-bond acceptors (Lipinski definition) is 7. The zero-order valence-electron chi connectivity index (χ0n) is 14.7. The Labute approximate surface area is 160 Å². The smallest absolute Gasteiger partial charge is 0.206 e. The van der Waals surface area contributed by atoms with Gasteiger partial charge in [-0.25, -0.2) is 4.39 Å². The van der Waals surface area contributed by atoms with Crippen molar-refractivity contribution in [3.8, 4) is 10.7 Å². The zero-order chi connectivity index (χ0) is 18.6. The Morgan fingerprint density at radius 1 is 1.19 bits per heavy atom. The molecule has 140 valence electrons. The number of nitrogens with zero attached hydrogens (tertiary/aromatic N) is 4. The molecule has 0 amide bonds. The van der Waals surface area contributed by atoms with Gasteiger partial charge in [-0.2, -0.15) is 0 Å². The quantitative estimate of drug-likeness (QED) is 0.702. The second kappa shape index (κ2) is 7.98. The van der Waals surface area contributed by atoms with Crippen molar-refractivity contribution in [3.05, 3.63) is 54.0 Å². The number of rotatable bonds is 5. The fourth-order valence-corrected chi connectivity index (χ4v) is 3.80. The molecular weight excluding hydrogens is 365 g/mol. The van der Waals surface area contributed by atoms with E-state index >= 15 is 0 Å². The average Bonchev–Trinajstić information content (AvgIpc) is 3.17. The van der Waals surface area contributed by atoms with Crippen LogP contribution in [0.15, 0.2) is 42.6 Å². The lowest BCUT2D eigenvalue weighted by molar-refractivity contribution is 0.145. The molecule has 0 spiro atoms. The van der Waals surface area contributed by atoms with Crippen LogP contribution in [0.25, 0.3) is 10.7 Å². The molecule has 1 aliphatic rings. The van der Waals surface area contributed by atoms with Gasteiger partial charge in [0.2, 0.25) is 5.13 Å². The Morgan fingerprint density at radius 3 is 2.78 bits per heavy atom. The third-order valence-electron chi connectivity index (χ3n) is 4.57. The van der Waals surface area contributed by atoms with E-state index in [9.17, 15) is 9.50 Å². The lowest BCUT2D eigenvalue weighted by Gasteiger charge is -2.31. The number of aliphatic hydroxyl groups excluding tert-OH is 1. The summed E-state index contributed by atoms with van der Waals surface area (Å²) in [4.78, 5) is 6.25. The van der Waals surface area contributed by atoms with Gasteiger partial charge < -0.3 is 15.3 Å². The van der Waals surface area contributed by atoms with Crippen molar-refractivity contribution in [2.24, 2.45) is 0 Å². The topological polar surface area (TPSA) is 74.2 Å². The second-order valence-corrected chi connectivity index (χ2v) is 7.46. The van der Waals surface area contributed by atoms with Crippen LogP contribution in [0.5, 0.6) is 0 Å². The molecule has 1 fully saturated rings. The van der Waals surface area contributed by atoms with Crippen LogP contribution in [0.2, 0.25) is 0 Å². The summed E-state index contributed by atoms with van der Waals surface area (Å²) in [7, 11) is 0. The summed E-state index contributed by atoms with van der Waals surface area (Å²) < 4.78 is 14.5. The van der Waals surface area contributed by atoms with Gasteiger partial charge in [0.15, 0.2) is 5.01 Å². The SMILES string of the molecule is OC1CCN(c2ccc(CNc3nnc(-c4ccccn4)s3)cc2F)CC1. The molecule has 2 aromatic heterocycles. The Bertz CT molecular complexity index is 896. The molecule has 8 heteroatoms. The highest BCUT2D eigenvalue weighted by molar-refractivity contribution is 7.18. The summed E-state index contributed by atoms with van der Waals surface area (Å²) >= 11 is 1.41. The van der Waals surface area contributed by atoms with E-state index in [4.69, 9.17) is 0 Å². The van der Waals surface area contributed by atoms with Crippen LogP contribution < -0.4 is 10.2 Å². The number of pyridine rings is 1. The van der Waals surface area contributed by atoms with Gasteiger partial charge in [0.1, 0.15) is 11.5 Å². The highest BCUT2D eigenvalue weighted by Gasteiger charge is 2.19. The fraction of sp³-hybridized carbons (Fsp3) is 0.316. The van der Waals surface area contributed by atoms with E-state index < -0.39 is 0 Å².